The van der Waals surface area contributed by atoms with Crippen molar-refractivity contribution in [2.24, 2.45) is 7.05 Å². The van der Waals surface area contributed by atoms with Gasteiger partial charge in [-0.2, -0.15) is 11.3 Å². The van der Waals surface area contributed by atoms with Gasteiger partial charge < -0.3 is 4.57 Å². The van der Waals surface area contributed by atoms with Crippen molar-refractivity contribution in [3.63, 3.8) is 0 Å². The lowest BCUT2D eigenvalue weighted by atomic mass is 9.97. The second-order valence-electron chi connectivity index (χ2n) is 4.07. The van der Waals surface area contributed by atoms with Gasteiger partial charge in [0.05, 0.1) is 0 Å². The van der Waals surface area contributed by atoms with Gasteiger partial charge in [-0.25, -0.2) is 4.98 Å². The van der Waals surface area contributed by atoms with E-state index in [1.165, 1.54) is 11.1 Å². The summed E-state index contributed by atoms with van der Waals surface area (Å²) in [5.74, 6) is 1.64. The molecule has 0 spiro atoms. The summed E-state index contributed by atoms with van der Waals surface area (Å²) in [6, 6.07) is 0. The Labute approximate surface area is 114 Å². The van der Waals surface area contributed by atoms with E-state index >= 15 is 0 Å². The summed E-state index contributed by atoms with van der Waals surface area (Å²) in [6.07, 6.45) is 3.85. The molecule has 2 nitrogen and oxygen atoms in total. The van der Waals surface area contributed by atoms with Crippen LogP contribution in [0.1, 0.15) is 25.3 Å². The summed E-state index contributed by atoms with van der Waals surface area (Å²) in [6.45, 7) is 4.54. The van der Waals surface area contributed by atoms with Gasteiger partial charge in [0.25, 0.3) is 0 Å². The van der Waals surface area contributed by atoms with E-state index in [2.05, 4.69) is 56.7 Å². The van der Waals surface area contributed by atoms with E-state index < -0.39 is 0 Å². The number of aromatic nitrogens is 2. The molecule has 0 saturated heterocycles. The third-order valence-corrected chi connectivity index (χ3v) is 4.77. The molecule has 0 saturated carbocycles. The van der Waals surface area contributed by atoms with Crippen LogP contribution in [0.25, 0.3) is 11.4 Å². The fourth-order valence-corrected chi connectivity index (χ4v) is 3.04. The predicted molar refractivity (Wildman–Crippen MR) is 78.4 cm³/mol. The lowest BCUT2D eigenvalue weighted by Crippen LogP contribution is -2.05. The average molecular weight is 346 g/mol. The molecule has 0 radical (unpaired) electrons. The minimum Gasteiger partial charge on any atom is -0.334 e. The Kier molecular flexibility index (Phi) is 3.69. The maximum Gasteiger partial charge on any atom is 0.140 e. The Hall–Kier alpha value is -0.360. The number of hydrogen-bond donors (Lipinski definition) is 0. The van der Waals surface area contributed by atoms with Crippen molar-refractivity contribution in [2.45, 2.75) is 23.7 Å². The molecule has 2 atom stereocenters. The highest BCUT2D eigenvalue weighted by molar-refractivity contribution is 14.1. The molecule has 2 aromatic rings. The molecule has 0 N–H and O–H groups in total. The molecule has 0 aliphatic heterocycles. The molecule has 4 heteroatoms. The smallest absolute Gasteiger partial charge is 0.140 e. The van der Waals surface area contributed by atoms with Crippen LogP contribution in [0.15, 0.2) is 23.2 Å². The topological polar surface area (TPSA) is 17.8 Å². The molecule has 0 aromatic carbocycles. The van der Waals surface area contributed by atoms with Crippen LogP contribution in [-0.4, -0.2) is 13.5 Å². The van der Waals surface area contributed by atoms with Crippen molar-refractivity contribution in [3.8, 4) is 11.4 Å². The Bertz CT molecular complexity index is 473. The van der Waals surface area contributed by atoms with E-state index in [4.69, 9.17) is 0 Å². The third-order valence-electron chi connectivity index (χ3n) is 2.93. The maximum atomic E-state index is 4.43. The van der Waals surface area contributed by atoms with Crippen molar-refractivity contribution in [1.29, 1.82) is 0 Å². The van der Waals surface area contributed by atoms with Crippen LogP contribution in [0.3, 0.4) is 0 Å². The highest BCUT2D eigenvalue weighted by Crippen LogP contribution is 2.35. The average Bonchev–Trinajstić information content (AvgIpc) is 2.84. The fraction of sp³-hybridized carbons (Fsp3) is 0.417. The highest BCUT2D eigenvalue weighted by atomic mass is 127. The number of hydrogen-bond acceptors (Lipinski definition) is 2. The Morgan fingerprint density at radius 2 is 2.12 bits per heavy atom. The largest absolute Gasteiger partial charge is 0.334 e. The molecule has 1 unspecified atom stereocenters. The molecule has 2 rings (SSSR count). The number of rotatable bonds is 3. The Balaban J connectivity index is 2.44. The van der Waals surface area contributed by atoms with E-state index in [9.17, 15) is 0 Å². The first kappa shape index (κ1) is 12.1. The monoisotopic (exact) mass is 346 g/mol. The van der Waals surface area contributed by atoms with Crippen LogP contribution < -0.4 is 0 Å². The summed E-state index contributed by atoms with van der Waals surface area (Å²) in [5.41, 5.74) is 2.70. The van der Waals surface area contributed by atoms with Gasteiger partial charge in [-0.3, -0.25) is 0 Å². The number of aryl methyl sites for hydroxylation is 1. The SMILES string of the molecule is CC(c1cscc1-c1nccn1C)[C@H](C)I. The zero-order valence-electron chi connectivity index (χ0n) is 9.64. The van der Waals surface area contributed by atoms with Gasteiger partial charge >= 0.3 is 0 Å². The minimum absolute atomic E-state index is 0.568. The second kappa shape index (κ2) is 4.87. The van der Waals surface area contributed by atoms with Crippen molar-refractivity contribution < 1.29 is 0 Å². The van der Waals surface area contributed by atoms with E-state index in [1.54, 1.807) is 11.3 Å². The van der Waals surface area contributed by atoms with Crippen LogP contribution in [0.4, 0.5) is 0 Å². The molecule has 0 bridgehead atoms. The van der Waals surface area contributed by atoms with E-state index in [0.29, 0.717) is 9.84 Å². The first-order valence-corrected chi connectivity index (χ1v) is 7.48. The van der Waals surface area contributed by atoms with Gasteiger partial charge in [-0.05, 0) is 16.9 Å². The summed E-state index contributed by atoms with van der Waals surface area (Å²) in [7, 11) is 2.04. The summed E-state index contributed by atoms with van der Waals surface area (Å²) in [5, 5.41) is 4.46. The van der Waals surface area contributed by atoms with Gasteiger partial charge in [0, 0.05) is 34.3 Å². The summed E-state index contributed by atoms with van der Waals surface area (Å²) >= 11 is 4.25. The zero-order chi connectivity index (χ0) is 11.7. The van der Waals surface area contributed by atoms with Crippen LogP contribution in [-0.2, 0) is 7.05 Å². The number of imidazole rings is 1. The predicted octanol–water partition coefficient (Wildman–Crippen LogP) is 4.08. The second-order valence-corrected chi connectivity index (χ2v) is 6.78. The first-order chi connectivity index (χ1) is 7.61. The van der Waals surface area contributed by atoms with Crippen LogP contribution >= 0.6 is 33.9 Å². The van der Waals surface area contributed by atoms with E-state index in [0.717, 1.165) is 5.82 Å². The molecule has 2 heterocycles. The lowest BCUT2D eigenvalue weighted by Gasteiger charge is -2.15. The summed E-state index contributed by atoms with van der Waals surface area (Å²) in [4.78, 5) is 4.43. The Morgan fingerprint density at radius 1 is 1.38 bits per heavy atom. The molecular weight excluding hydrogens is 331 g/mol. The van der Waals surface area contributed by atoms with E-state index in [-0.39, 0.29) is 0 Å². The van der Waals surface area contributed by atoms with Crippen LogP contribution in [0.2, 0.25) is 0 Å². The number of halogens is 1. The molecule has 0 aliphatic carbocycles. The summed E-state index contributed by atoms with van der Waals surface area (Å²) < 4.78 is 2.71. The van der Waals surface area contributed by atoms with Crippen molar-refractivity contribution in [1.82, 2.24) is 9.55 Å². The standard InChI is InChI=1S/C12H15IN2S/c1-8(9(2)13)10-6-16-7-11(10)12-14-4-5-15(12)3/h4-9H,1-3H3/t8?,9-/m0/s1. The van der Waals surface area contributed by atoms with Gasteiger partial charge in [-0.15, -0.1) is 0 Å². The van der Waals surface area contributed by atoms with Crippen LogP contribution in [0.5, 0.6) is 0 Å². The number of nitrogens with zero attached hydrogens (tertiary/aromatic N) is 2. The van der Waals surface area contributed by atoms with Crippen molar-refractivity contribution >= 4 is 33.9 Å². The number of alkyl halides is 1. The first-order valence-electron chi connectivity index (χ1n) is 5.29. The van der Waals surface area contributed by atoms with Gasteiger partial charge in [0.2, 0.25) is 0 Å². The minimum atomic E-state index is 0.568. The number of thiophene rings is 1. The molecule has 0 amide bonds. The van der Waals surface area contributed by atoms with Gasteiger partial charge in [0.1, 0.15) is 5.82 Å². The fourth-order valence-electron chi connectivity index (χ4n) is 1.71. The molecule has 2 aromatic heterocycles. The van der Waals surface area contributed by atoms with Crippen molar-refractivity contribution in [2.75, 3.05) is 0 Å². The Morgan fingerprint density at radius 3 is 2.69 bits per heavy atom. The normalized spacial score (nSPS) is 15.0. The van der Waals surface area contributed by atoms with Crippen molar-refractivity contribution in [3.05, 3.63) is 28.7 Å². The van der Waals surface area contributed by atoms with Gasteiger partial charge in [-0.1, -0.05) is 36.4 Å². The quantitative estimate of drug-likeness (QED) is 0.605. The lowest BCUT2D eigenvalue weighted by molar-refractivity contribution is 0.775. The molecule has 0 fully saturated rings. The molecule has 0 aliphatic rings. The molecule has 86 valence electrons. The molecule has 16 heavy (non-hydrogen) atoms. The maximum absolute atomic E-state index is 4.43. The third kappa shape index (κ3) is 2.18. The zero-order valence-corrected chi connectivity index (χ0v) is 12.6. The van der Waals surface area contributed by atoms with Crippen LogP contribution in [0, 0.1) is 0 Å². The molecular formula is C12H15IN2S. The van der Waals surface area contributed by atoms with E-state index in [1.807, 2.05) is 19.4 Å². The van der Waals surface area contributed by atoms with Gasteiger partial charge in [0.15, 0.2) is 0 Å². The highest BCUT2D eigenvalue weighted by Gasteiger charge is 2.18.